The number of aryl methyl sites for hydroxylation is 1. The van der Waals surface area contributed by atoms with Crippen LogP contribution >= 0.6 is 0 Å². The lowest BCUT2D eigenvalue weighted by molar-refractivity contribution is -0.698. The van der Waals surface area contributed by atoms with Gasteiger partial charge in [-0.3, -0.25) is 19.2 Å². The summed E-state index contributed by atoms with van der Waals surface area (Å²) in [6.07, 6.45) is 18.8. The van der Waals surface area contributed by atoms with Gasteiger partial charge in [0.15, 0.2) is 12.4 Å². The van der Waals surface area contributed by atoms with Crippen LogP contribution in [0.3, 0.4) is 0 Å². The van der Waals surface area contributed by atoms with Crippen molar-refractivity contribution in [1.29, 1.82) is 0 Å². The van der Waals surface area contributed by atoms with Gasteiger partial charge in [0.25, 0.3) is 0 Å². The zero-order valence-electron chi connectivity index (χ0n) is 33.8. The molecule has 0 aromatic carbocycles. The van der Waals surface area contributed by atoms with Crippen molar-refractivity contribution >= 4 is 41.6 Å². The molecule has 0 saturated heterocycles. The lowest BCUT2D eigenvalue weighted by atomic mass is 9.86. The molecule has 54 heavy (non-hydrogen) atoms. The van der Waals surface area contributed by atoms with Gasteiger partial charge in [-0.2, -0.15) is 0 Å². The molecule has 0 radical (unpaired) electrons. The fraction of sp³-hybridized carbons (Fsp3) is 0.675. The number of hydrogen-bond donors (Lipinski definition) is 5. The van der Waals surface area contributed by atoms with E-state index in [1.54, 1.807) is 0 Å². The number of nitrogens with zero attached hydrogens (tertiary/aromatic N) is 1. The number of allylic oxidation sites excluding steroid dienone is 1. The normalized spacial score (nSPS) is 12.7. The number of carbonyl (C=O) groups is 6. The number of pyridine rings is 1. The number of ether oxygens (including phenoxy) is 2. The van der Waals surface area contributed by atoms with E-state index in [2.05, 4.69) is 76.5 Å². The average molecular weight is 760 g/mol. The van der Waals surface area contributed by atoms with Gasteiger partial charge in [0.2, 0.25) is 23.6 Å². The lowest BCUT2D eigenvalue weighted by Gasteiger charge is -2.21. The van der Waals surface area contributed by atoms with Crippen LogP contribution in [0.2, 0.25) is 0 Å². The first kappa shape index (κ1) is 47.7. The number of aromatic nitrogens is 1. The molecule has 0 spiro atoms. The third kappa shape index (κ3) is 19.7. The summed E-state index contributed by atoms with van der Waals surface area (Å²) < 4.78 is 12.0. The number of amides is 4. The van der Waals surface area contributed by atoms with Gasteiger partial charge in [-0.25, -0.2) is 14.2 Å². The summed E-state index contributed by atoms with van der Waals surface area (Å²) in [6, 6.07) is -1.55. The molecule has 304 valence electrons. The Kier molecular flexibility index (Phi) is 24.9. The predicted molar refractivity (Wildman–Crippen MR) is 208 cm³/mol. The van der Waals surface area contributed by atoms with Gasteiger partial charge < -0.3 is 36.1 Å². The maximum absolute atomic E-state index is 12.4. The third-order valence-corrected chi connectivity index (χ3v) is 8.98. The minimum atomic E-state index is -0.787. The standard InChI is InChI=1S/C40H66N6O8/c1-8-11-18-32-27-46(24-15-13-20-36(40(52)54-7)45-38(50)26-43-30(5)48)28-34(33(32)17-10-3)31(16-9-2)21-23-41-22-14-12-19-35(39(51)53-6)44-37(49)25-42-29(4)47/h11,18,27-28,31,35-36,41H,8-10,12-17,19-26H2,1-7H3,(H3-,42,43,44,45,47,48,49,50)/p+1/b18-11-/t31?,35?,36-/m0/s1. The fourth-order valence-electron chi connectivity index (χ4n) is 6.25. The third-order valence-electron chi connectivity index (χ3n) is 8.98. The maximum atomic E-state index is 12.4. The van der Waals surface area contributed by atoms with Gasteiger partial charge >= 0.3 is 11.9 Å². The van der Waals surface area contributed by atoms with Crippen molar-refractivity contribution in [2.45, 2.75) is 136 Å². The molecule has 5 N–H and O–H groups in total. The summed E-state index contributed by atoms with van der Waals surface area (Å²) in [4.78, 5) is 71.3. The second-order valence-corrected chi connectivity index (χ2v) is 13.6. The Bertz CT molecular complexity index is 1370. The van der Waals surface area contributed by atoms with Crippen molar-refractivity contribution in [1.82, 2.24) is 26.6 Å². The molecule has 3 atom stereocenters. The van der Waals surface area contributed by atoms with Crippen LogP contribution in [0.5, 0.6) is 0 Å². The van der Waals surface area contributed by atoms with Crippen molar-refractivity contribution in [3.8, 4) is 0 Å². The zero-order chi connectivity index (χ0) is 40.3. The molecule has 1 rings (SSSR count). The molecule has 0 saturated carbocycles. The second kappa shape index (κ2) is 28.2. The summed E-state index contributed by atoms with van der Waals surface area (Å²) in [5.41, 5.74) is 3.98. The minimum Gasteiger partial charge on any atom is -0.467 e. The van der Waals surface area contributed by atoms with E-state index in [1.807, 2.05) is 0 Å². The van der Waals surface area contributed by atoms with E-state index in [0.717, 1.165) is 71.0 Å². The Hall–Kier alpha value is -4.33. The van der Waals surface area contributed by atoms with Crippen molar-refractivity contribution in [2.24, 2.45) is 0 Å². The summed E-state index contributed by atoms with van der Waals surface area (Å²) in [6.45, 7) is 11.2. The number of unbranched alkanes of at least 4 members (excludes halogenated alkanes) is 2. The smallest absolute Gasteiger partial charge is 0.328 e. The van der Waals surface area contributed by atoms with Gasteiger partial charge in [0.05, 0.1) is 27.3 Å². The van der Waals surface area contributed by atoms with Crippen molar-refractivity contribution < 1.29 is 42.8 Å². The molecule has 14 nitrogen and oxygen atoms in total. The molecule has 4 amide bonds. The zero-order valence-corrected chi connectivity index (χ0v) is 33.8. The summed E-state index contributed by atoms with van der Waals surface area (Å²) in [5, 5.41) is 13.8. The highest BCUT2D eigenvalue weighted by Crippen LogP contribution is 2.30. The molecule has 1 aromatic rings. The van der Waals surface area contributed by atoms with E-state index in [9.17, 15) is 28.8 Å². The Balaban J connectivity index is 2.96. The van der Waals surface area contributed by atoms with E-state index < -0.39 is 35.8 Å². The van der Waals surface area contributed by atoms with Crippen LogP contribution in [0.15, 0.2) is 18.5 Å². The van der Waals surface area contributed by atoms with Crippen molar-refractivity contribution in [2.75, 3.05) is 40.4 Å². The molecule has 1 heterocycles. The summed E-state index contributed by atoms with van der Waals surface area (Å²) in [5.74, 6) is -2.18. The van der Waals surface area contributed by atoms with Crippen LogP contribution in [0.1, 0.15) is 128 Å². The van der Waals surface area contributed by atoms with Gasteiger partial charge in [-0.1, -0.05) is 45.8 Å². The number of nitrogens with one attached hydrogen (secondary N) is 5. The van der Waals surface area contributed by atoms with Gasteiger partial charge in [0, 0.05) is 31.4 Å². The fourth-order valence-corrected chi connectivity index (χ4v) is 6.25. The quantitative estimate of drug-likeness (QED) is 0.0487. The highest BCUT2D eigenvalue weighted by Gasteiger charge is 2.24. The van der Waals surface area contributed by atoms with E-state index >= 15 is 0 Å². The Morgan fingerprint density at radius 1 is 0.722 bits per heavy atom. The van der Waals surface area contributed by atoms with E-state index in [0.29, 0.717) is 31.6 Å². The number of methoxy groups -OCH3 is 2. The number of hydrogen-bond acceptors (Lipinski definition) is 9. The Labute approximate surface area is 322 Å². The van der Waals surface area contributed by atoms with E-state index in [1.165, 1.54) is 44.8 Å². The minimum absolute atomic E-state index is 0.192. The first-order valence-corrected chi connectivity index (χ1v) is 19.6. The topological polar surface area (TPSA) is 185 Å². The monoisotopic (exact) mass is 760 g/mol. The molecule has 2 unspecified atom stereocenters. The highest BCUT2D eigenvalue weighted by atomic mass is 16.5. The first-order chi connectivity index (χ1) is 25.9. The van der Waals surface area contributed by atoms with E-state index in [-0.39, 0.29) is 24.9 Å². The average Bonchev–Trinajstić information content (AvgIpc) is 3.15. The predicted octanol–water partition coefficient (Wildman–Crippen LogP) is 3.14. The van der Waals surface area contributed by atoms with Crippen molar-refractivity contribution in [3.63, 3.8) is 0 Å². The molecule has 1 aromatic heterocycles. The van der Waals surface area contributed by atoms with Crippen LogP contribution in [0.4, 0.5) is 0 Å². The molecule has 0 aliphatic rings. The molecule has 0 aliphatic heterocycles. The molecule has 0 bridgehead atoms. The van der Waals surface area contributed by atoms with Gasteiger partial charge in [0.1, 0.15) is 18.6 Å². The van der Waals surface area contributed by atoms with Crippen molar-refractivity contribution in [3.05, 3.63) is 35.2 Å². The SMILES string of the molecule is CC/C=C\c1c[n+](CCCC[C@H](NC(=O)CNC(C)=O)C(=O)OC)cc(C(CCC)CCNCCCCC(NC(=O)CNC(C)=O)C(=O)OC)c1CCC. The second-order valence-electron chi connectivity index (χ2n) is 13.6. The largest absolute Gasteiger partial charge is 0.467 e. The molecule has 0 fully saturated rings. The summed E-state index contributed by atoms with van der Waals surface area (Å²) in [7, 11) is 2.58. The van der Waals surface area contributed by atoms with Crippen LogP contribution in [0.25, 0.3) is 6.08 Å². The van der Waals surface area contributed by atoms with Crippen LogP contribution < -0.4 is 31.2 Å². The number of esters is 2. The maximum Gasteiger partial charge on any atom is 0.328 e. The van der Waals surface area contributed by atoms with Crippen LogP contribution in [-0.2, 0) is 51.2 Å². The number of rotatable bonds is 28. The van der Waals surface area contributed by atoms with Crippen LogP contribution in [0, 0.1) is 0 Å². The van der Waals surface area contributed by atoms with Crippen LogP contribution in [-0.4, -0.2) is 88.0 Å². The molecular formula is C40H67N6O8+. The van der Waals surface area contributed by atoms with Gasteiger partial charge in [-0.15, -0.1) is 0 Å². The lowest BCUT2D eigenvalue weighted by Crippen LogP contribution is -2.45. The first-order valence-electron chi connectivity index (χ1n) is 19.6. The molecular weight excluding hydrogens is 692 g/mol. The molecule has 14 heteroatoms. The van der Waals surface area contributed by atoms with E-state index in [4.69, 9.17) is 9.47 Å². The number of carbonyl (C=O) groups excluding carboxylic acids is 6. The Morgan fingerprint density at radius 3 is 1.80 bits per heavy atom. The highest BCUT2D eigenvalue weighted by molar-refractivity contribution is 5.88. The summed E-state index contributed by atoms with van der Waals surface area (Å²) >= 11 is 0. The molecule has 0 aliphatic carbocycles. The Morgan fingerprint density at radius 2 is 1.30 bits per heavy atom. The van der Waals surface area contributed by atoms with Gasteiger partial charge in [-0.05, 0) is 82.4 Å².